The zero-order valence-electron chi connectivity index (χ0n) is 17.7. The molecule has 2 rings (SSSR count). The molecule has 31 heavy (non-hydrogen) atoms. The number of hydrogen-bond acceptors (Lipinski definition) is 7. The van der Waals surface area contributed by atoms with Crippen molar-refractivity contribution in [3.8, 4) is 11.8 Å². The van der Waals surface area contributed by atoms with Gasteiger partial charge >= 0.3 is 5.97 Å². The Bertz CT molecular complexity index is 939. The van der Waals surface area contributed by atoms with Gasteiger partial charge in [0.1, 0.15) is 11.7 Å². The molecule has 0 aromatic heterocycles. The summed E-state index contributed by atoms with van der Waals surface area (Å²) in [4.78, 5) is 39.4. The number of esters is 1. The van der Waals surface area contributed by atoms with Crippen molar-refractivity contribution in [3.05, 3.63) is 38.8 Å². The van der Waals surface area contributed by atoms with E-state index in [0.29, 0.717) is 28.9 Å². The maximum absolute atomic E-state index is 12.8. The van der Waals surface area contributed by atoms with E-state index in [1.807, 2.05) is 13.8 Å². The predicted octanol–water partition coefficient (Wildman–Crippen LogP) is 2.80. The summed E-state index contributed by atoms with van der Waals surface area (Å²) >= 11 is 4.48. The second-order valence-corrected chi connectivity index (χ2v) is 8.41. The fourth-order valence-electron chi connectivity index (χ4n) is 3.36. The molecule has 8 nitrogen and oxygen atoms in total. The second-order valence-electron chi connectivity index (χ2n) is 6.57. The Morgan fingerprint density at radius 1 is 1.29 bits per heavy atom. The summed E-state index contributed by atoms with van der Waals surface area (Å²) < 4.78 is 10.7. The number of methoxy groups -OCH3 is 2. The fraction of sp³-hybridized carbons (Fsp3) is 0.429. The first-order valence-electron chi connectivity index (χ1n) is 9.59. The summed E-state index contributed by atoms with van der Waals surface area (Å²) in [6.07, 6.45) is 0. The summed E-state index contributed by atoms with van der Waals surface area (Å²) in [5, 5.41) is 12.8. The zero-order chi connectivity index (χ0) is 23.1. The molecule has 1 aliphatic heterocycles. The van der Waals surface area contributed by atoms with Crippen molar-refractivity contribution in [2.24, 2.45) is 5.92 Å². The standard InChI is InChI=1S/C21H24BrN3O5S/c1-5-25(6-2)16(26)11-31-20-13(10-23)17(18(19(27)24-20)21(28)30-4)12-7-8-15(29-3)14(22)9-12/h7-9,17-18H,5-6,11H2,1-4H3,(H,24,27)/t17-,18+/m0/s1. The van der Waals surface area contributed by atoms with Crippen LogP contribution < -0.4 is 10.1 Å². The number of carbonyl (C=O) groups is 3. The summed E-state index contributed by atoms with van der Waals surface area (Å²) in [5.41, 5.74) is 0.770. The Labute approximate surface area is 194 Å². The quantitative estimate of drug-likeness (QED) is 0.423. The largest absolute Gasteiger partial charge is 0.496 e. The van der Waals surface area contributed by atoms with Gasteiger partial charge in [-0.2, -0.15) is 5.26 Å². The van der Waals surface area contributed by atoms with E-state index in [1.165, 1.54) is 14.2 Å². The van der Waals surface area contributed by atoms with Crippen LogP contribution in [-0.2, 0) is 19.1 Å². The third kappa shape index (κ3) is 5.40. The molecule has 1 N–H and O–H groups in total. The number of allylic oxidation sites excluding steroid dienone is 1. The van der Waals surface area contributed by atoms with Crippen LogP contribution in [0.4, 0.5) is 0 Å². The van der Waals surface area contributed by atoms with Gasteiger partial charge in [-0.05, 0) is 47.5 Å². The van der Waals surface area contributed by atoms with E-state index in [1.54, 1.807) is 23.1 Å². The van der Waals surface area contributed by atoms with Gasteiger partial charge in [0.25, 0.3) is 0 Å². The number of ether oxygens (including phenoxy) is 2. The average Bonchev–Trinajstić information content (AvgIpc) is 2.77. The van der Waals surface area contributed by atoms with Crippen molar-refractivity contribution in [2.75, 3.05) is 33.1 Å². The zero-order valence-corrected chi connectivity index (χ0v) is 20.1. The van der Waals surface area contributed by atoms with Gasteiger partial charge in [0.05, 0.1) is 41.1 Å². The Morgan fingerprint density at radius 2 is 1.97 bits per heavy atom. The highest BCUT2D eigenvalue weighted by atomic mass is 79.9. The minimum absolute atomic E-state index is 0.0599. The van der Waals surface area contributed by atoms with E-state index in [4.69, 9.17) is 9.47 Å². The summed E-state index contributed by atoms with van der Waals surface area (Å²) in [6.45, 7) is 4.90. The van der Waals surface area contributed by atoms with Crippen molar-refractivity contribution >= 4 is 45.5 Å². The third-order valence-electron chi connectivity index (χ3n) is 4.97. The molecule has 2 amide bonds. The van der Waals surface area contributed by atoms with Crippen LogP contribution in [0.25, 0.3) is 0 Å². The van der Waals surface area contributed by atoms with Crippen molar-refractivity contribution in [2.45, 2.75) is 19.8 Å². The molecule has 0 bridgehead atoms. The molecule has 1 aromatic rings. The van der Waals surface area contributed by atoms with Crippen molar-refractivity contribution in [1.82, 2.24) is 10.2 Å². The van der Waals surface area contributed by atoms with E-state index in [-0.39, 0.29) is 22.3 Å². The number of hydrogen-bond donors (Lipinski definition) is 1. The molecular weight excluding hydrogens is 486 g/mol. The number of nitrogens with one attached hydrogen (secondary N) is 1. The molecule has 1 aromatic carbocycles. The van der Waals surface area contributed by atoms with Crippen molar-refractivity contribution < 1.29 is 23.9 Å². The molecule has 1 heterocycles. The van der Waals surface area contributed by atoms with E-state index in [9.17, 15) is 19.6 Å². The number of carbonyl (C=O) groups excluding carboxylic acids is 3. The van der Waals surface area contributed by atoms with Crippen LogP contribution in [0, 0.1) is 17.2 Å². The highest BCUT2D eigenvalue weighted by Crippen LogP contribution is 2.42. The lowest BCUT2D eigenvalue weighted by Crippen LogP contribution is -2.44. The van der Waals surface area contributed by atoms with Crippen LogP contribution in [0.2, 0.25) is 0 Å². The van der Waals surface area contributed by atoms with Gasteiger partial charge in [0, 0.05) is 19.0 Å². The summed E-state index contributed by atoms with van der Waals surface area (Å²) in [6, 6.07) is 7.22. The van der Waals surface area contributed by atoms with Gasteiger partial charge in [0.15, 0.2) is 0 Å². The Morgan fingerprint density at radius 3 is 2.48 bits per heavy atom. The molecule has 0 radical (unpaired) electrons. The maximum atomic E-state index is 12.8. The maximum Gasteiger partial charge on any atom is 0.319 e. The lowest BCUT2D eigenvalue weighted by atomic mass is 9.78. The van der Waals surface area contributed by atoms with E-state index in [2.05, 4.69) is 27.3 Å². The summed E-state index contributed by atoms with van der Waals surface area (Å²) in [7, 11) is 2.72. The monoisotopic (exact) mass is 509 g/mol. The van der Waals surface area contributed by atoms with Crippen LogP contribution in [0.1, 0.15) is 25.3 Å². The van der Waals surface area contributed by atoms with Gasteiger partial charge in [-0.1, -0.05) is 17.8 Å². The van der Waals surface area contributed by atoms with E-state index >= 15 is 0 Å². The minimum Gasteiger partial charge on any atom is -0.496 e. The fourth-order valence-corrected chi connectivity index (χ4v) is 4.87. The first-order chi connectivity index (χ1) is 14.8. The Kier molecular flexibility index (Phi) is 8.95. The Hall–Kier alpha value is -2.51. The van der Waals surface area contributed by atoms with Crippen LogP contribution in [-0.4, -0.2) is 55.7 Å². The van der Waals surface area contributed by atoms with Crippen LogP contribution in [0.5, 0.6) is 5.75 Å². The van der Waals surface area contributed by atoms with Gasteiger partial charge in [0.2, 0.25) is 11.8 Å². The number of benzene rings is 1. The van der Waals surface area contributed by atoms with Crippen LogP contribution in [0.15, 0.2) is 33.3 Å². The number of thioether (sulfide) groups is 1. The van der Waals surface area contributed by atoms with Crippen molar-refractivity contribution in [3.63, 3.8) is 0 Å². The molecule has 0 unspecified atom stereocenters. The Balaban J connectivity index is 2.51. The van der Waals surface area contributed by atoms with Gasteiger partial charge < -0.3 is 19.7 Å². The SMILES string of the molecule is CCN(CC)C(=O)CSC1=C(C#N)[C@H](c2ccc(OC)c(Br)c2)[C@@H](C(=O)OC)C(=O)N1. The topological polar surface area (TPSA) is 109 Å². The lowest BCUT2D eigenvalue weighted by Gasteiger charge is -2.31. The number of nitriles is 1. The molecule has 166 valence electrons. The van der Waals surface area contributed by atoms with Crippen molar-refractivity contribution in [1.29, 1.82) is 5.26 Å². The molecule has 0 spiro atoms. The van der Waals surface area contributed by atoms with Gasteiger partial charge in [-0.3, -0.25) is 14.4 Å². The summed E-state index contributed by atoms with van der Waals surface area (Å²) in [5.74, 6) is -2.90. The highest BCUT2D eigenvalue weighted by molar-refractivity contribution is 9.10. The number of nitrogens with zero attached hydrogens (tertiary/aromatic N) is 2. The average molecular weight is 510 g/mol. The second kappa shape index (κ2) is 11.2. The van der Waals surface area contributed by atoms with Gasteiger partial charge in [-0.25, -0.2) is 0 Å². The van der Waals surface area contributed by atoms with Crippen LogP contribution >= 0.6 is 27.7 Å². The molecule has 0 aliphatic carbocycles. The third-order valence-corrected chi connectivity index (χ3v) is 6.60. The molecule has 2 atom stereocenters. The first-order valence-corrected chi connectivity index (χ1v) is 11.4. The molecule has 10 heteroatoms. The molecule has 0 fully saturated rings. The molecule has 1 aliphatic rings. The lowest BCUT2D eigenvalue weighted by molar-refractivity contribution is -0.150. The smallest absolute Gasteiger partial charge is 0.319 e. The van der Waals surface area contributed by atoms with Gasteiger partial charge in [-0.15, -0.1) is 0 Å². The normalized spacial score (nSPS) is 18.1. The van der Waals surface area contributed by atoms with E-state index < -0.39 is 23.7 Å². The van der Waals surface area contributed by atoms with Crippen LogP contribution in [0.3, 0.4) is 0 Å². The minimum atomic E-state index is -1.23. The highest BCUT2D eigenvalue weighted by Gasteiger charge is 2.44. The van der Waals surface area contributed by atoms with E-state index in [0.717, 1.165) is 11.8 Å². The number of halogens is 1. The molecular formula is C21H24BrN3O5S. The first kappa shape index (κ1) is 24.8. The predicted molar refractivity (Wildman–Crippen MR) is 120 cm³/mol. The molecule has 0 saturated heterocycles. The number of rotatable bonds is 8. The molecule has 0 saturated carbocycles. The number of amides is 2.